The molecule has 0 radical (unpaired) electrons. The maximum Gasteiger partial charge on any atom is 0.322 e. The average molecular weight is 403 g/mol. The van der Waals surface area contributed by atoms with Gasteiger partial charge in [0.2, 0.25) is 5.91 Å². The molecule has 21 heavy (non-hydrogen) atoms. The van der Waals surface area contributed by atoms with Gasteiger partial charge in [0.05, 0.1) is 13.2 Å². The highest BCUT2D eigenvalue weighted by Crippen LogP contribution is 2.49. The number of alkyl halides is 1. The van der Waals surface area contributed by atoms with Gasteiger partial charge in [-0.2, -0.15) is 0 Å². The fourth-order valence-corrected chi connectivity index (χ4v) is 3.83. The maximum atomic E-state index is 12.3. The van der Waals surface area contributed by atoms with Crippen molar-refractivity contribution in [3.63, 3.8) is 0 Å². The quantitative estimate of drug-likeness (QED) is 0.345. The van der Waals surface area contributed by atoms with Gasteiger partial charge in [-0.15, -0.1) is 0 Å². The highest BCUT2D eigenvalue weighted by atomic mass is 127. The monoisotopic (exact) mass is 403 g/mol. The Hall–Kier alpha value is -1.15. The van der Waals surface area contributed by atoms with Crippen molar-refractivity contribution < 1.29 is 19.4 Å². The minimum atomic E-state index is -1.52. The lowest BCUT2D eigenvalue weighted by Crippen LogP contribution is -2.55. The summed E-state index contributed by atoms with van der Waals surface area (Å²) >= 11 is 2.15. The SMILES string of the molecule is COC(=O)[C@@]1(C(N)=O)C[C@H](O)[C@@H](I)C[C@@H]1c1ccccc1. The zero-order valence-electron chi connectivity index (χ0n) is 11.7. The number of hydrogen-bond acceptors (Lipinski definition) is 4. The lowest BCUT2D eigenvalue weighted by molar-refractivity contribution is -0.164. The number of amides is 1. The molecule has 0 aliphatic heterocycles. The number of hydrogen-bond donors (Lipinski definition) is 2. The molecule has 0 spiro atoms. The lowest BCUT2D eigenvalue weighted by atomic mass is 9.62. The van der Waals surface area contributed by atoms with E-state index in [9.17, 15) is 14.7 Å². The largest absolute Gasteiger partial charge is 0.468 e. The molecular weight excluding hydrogens is 385 g/mol. The summed E-state index contributed by atoms with van der Waals surface area (Å²) in [6, 6.07) is 9.31. The zero-order valence-corrected chi connectivity index (χ0v) is 13.8. The summed E-state index contributed by atoms with van der Waals surface area (Å²) in [5, 5.41) is 10.1. The van der Waals surface area contributed by atoms with Crippen molar-refractivity contribution >= 4 is 34.5 Å². The van der Waals surface area contributed by atoms with Crippen molar-refractivity contribution in [3.8, 4) is 0 Å². The van der Waals surface area contributed by atoms with E-state index in [2.05, 4.69) is 22.6 Å². The van der Waals surface area contributed by atoms with Gasteiger partial charge in [0.25, 0.3) is 0 Å². The third-order valence-corrected chi connectivity index (χ3v) is 5.53. The molecule has 1 fully saturated rings. The van der Waals surface area contributed by atoms with Gasteiger partial charge in [0, 0.05) is 9.84 Å². The van der Waals surface area contributed by atoms with Crippen LogP contribution < -0.4 is 5.73 Å². The van der Waals surface area contributed by atoms with Crippen LogP contribution in [0.25, 0.3) is 0 Å². The van der Waals surface area contributed by atoms with Crippen LogP contribution in [0.4, 0.5) is 0 Å². The molecule has 1 saturated carbocycles. The number of benzene rings is 1. The van der Waals surface area contributed by atoms with Crippen LogP contribution in [0.15, 0.2) is 30.3 Å². The molecule has 2 rings (SSSR count). The number of ether oxygens (including phenoxy) is 1. The molecule has 1 aromatic carbocycles. The summed E-state index contributed by atoms with van der Waals surface area (Å²) in [7, 11) is 1.23. The molecule has 6 heteroatoms. The van der Waals surface area contributed by atoms with Crippen LogP contribution in [-0.4, -0.2) is 34.1 Å². The molecular formula is C15H18INO4. The smallest absolute Gasteiger partial charge is 0.322 e. The van der Waals surface area contributed by atoms with Crippen LogP contribution in [0.5, 0.6) is 0 Å². The van der Waals surface area contributed by atoms with E-state index < -0.39 is 29.3 Å². The zero-order chi connectivity index (χ0) is 15.6. The predicted octanol–water partition coefficient (Wildman–Crippen LogP) is 1.37. The number of primary amides is 1. The Morgan fingerprint density at radius 2 is 2.00 bits per heavy atom. The second-order valence-electron chi connectivity index (χ2n) is 5.31. The highest BCUT2D eigenvalue weighted by molar-refractivity contribution is 14.1. The van der Waals surface area contributed by atoms with Crippen LogP contribution in [-0.2, 0) is 14.3 Å². The molecule has 1 amide bonds. The first kappa shape index (κ1) is 16.2. The number of carbonyl (C=O) groups is 2. The lowest BCUT2D eigenvalue weighted by Gasteiger charge is -2.43. The summed E-state index contributed by atoms with van der Waals surface area (Å²) < 4.78 is 4.79. The second kappa shape index (κ2) is 6.31. The first-order chi connectivity index (χ1) is 9.93. The minimum Gasteiger partial charge on any atom is -0.468 e. The van der Waals surface area contributed by atoms with Gasteiger partial charge in [0.1, 0.15) is 0 Å². The molecule has 5 nitrogen and oxygen atoms in total. The van der Waals surface area contributed by atoms with E-state index in [1.807, 2.05) is 30.3 Å². The number of methoxy groups -OCH3 is 1. The number of esters is 1. The Kier molecular flexibility index (Phi) is 4.88. The molecule has 0 saturated heterocycles. The van der Waals surface area contributed by atoms with E-state index >= 15 is 0 Å². The molecule has 0 unspecified atom stereocenters. The molecule has 114 valence electrons. The summed E-state index contributed by atoms with van der Waals surface area (Å²) in [4.78, 5) is 24.5. The number of rotatable bonds is 3. The third-order valence-electron chi connectivity index (χ3n) is 4.20. The van der Waals surface area contributed by atoms with Gasteiger partial charge < -0.3 is 15.6 Å². The average Bonchev–Trinajstić information content (AvgIpc) is 2.49. The molecule has 0 heterocycles. The number of nitrogens with two attached hydrogens (primary N) is 1. The fourth-order valence-electron chi connectivity index (χ4n) is 3.07. The Labute approximate surface area is 137 Å². The Balaban J connectivity index is 2.55. The van der Waals surface area contributed by atoms with Crippen LogP contribution in [0, 0.1) is 5.41 Å². The van der Waals surface area contributed by atoms with E-state index in [4.69, 9.17) is 10.5 Å². The highest BCUT2D eigenvalue weighted by Gasteiger charge is 2.57. The van der Waals surface area contributed by atoms with Crippen molar-refractivity contribution in [1.82, 2.24) is 0 Å². The van der Waals surface area contributed by atoms with Crippen molar-refractivity contribution in [2.24, 2.45) is 11.1 Å². The molecule has 1 aliphatic rings. The maximum absolute atomic E-state index is 12.3. The normalized spacial score (nSPS) is 32.4. The van der Waals surface area contributed by atoms with E-state index in [0.29, 0.717) is 6.42 Å². The number of aliphatic hydroxyl groups excluding tert-OH is 1. The van der Waals surface area contributed by atoms with E-state index in [1.54, 1.807) is 0 Å². The Bertz CT molecular complexity index is 536. The molecule has 0 bridgehead atoms. The van der Waals surface area contributed by atoms with Crippen molar-refractivity contribution in [1.29, 1.82) is 0 Å². The van der Waals surface area contributed by atoms with Gasteiger partial charge in [-0.25, -0.2) is 0 Å². The number of carbonyl (C=O) groups excluding carboxylic acids is 2. The van der Waals surface area contributed by atoms with Crippen molar-refractivity contribution in [3.05, 3.63) is 35.9 Å². The summed E-state index contributed by atoms with van der Waals surface area (Å²) in [5.41, 5.74) is 4.90. The van der Waals surface area contributed by atoms with Crippen LogP contribution >= 0.6 is 22.6 Å². The van der Waals surface area contributed by atoms with Crippen molar-refractivity contribution in [2.45, 2.75) is 28.8 Å². The topological polar surface area (TPSA) is 89.6 Å². The molecule has 3 N–H and O–H groups in total. The molecule has 1 aliphatic carbocycles. The fraction of sp³-hybridized carbons (Fsp3) is 0.467. The standard InChI is InChI=1S/C15H18INO4/c1-21-14(20)15(13(17)19)8-12(18)11(16)7-10(15)9-5-3-2-4-6-9/h2-6,10-12,18H,7-8H2,1H3,(H2,17,19)/t10-,11+,12+,15+/m1/s1. The predicted molar refractivity (Wildman–Crippen MR) is 85.9 cm³/mol. The van der Waals surface area contributed by atoms with Crippen LogP contribution in [0.3, 0.4) is 0 Å². The third kappa shape index (κ3) is 2.78. The molecule has 4 atom stereocenters. The minimum absolute atomic E-state index is 0.0117. The summed E-state index contributed by atoms with van der Waals surface area (Å²) in [6.07, 6.45) is -0.288. The molecule has 0 aromatic heterocycles. The Morgan fingerprint density at radius 1 is 1.38 bits per heavy atom. The second-order valence-corrected chi connectivity index (χ2v) is 6.91. The molecule has 1 aromatic rings. The summed E-state index contributed by atoms with van der Waals surface area (Å²) in [5.74, 6) is -1.81. The first-order valence-electron chi connectivity index (χ1n) is 6.69. The van der Waals surface area contributed by atoms with Crippen LogP contribution in [0.2, 0.25) is 0 Å². The Morgan fingerprint density at radius 3 is 2.52 bits per heavy atom. The van der Waals surface area contributed by atoms with Gasteiger partial charge in [-0.1, -0.05) is 52.9 Å². The van der Waals surface area contributed by atoms with Gasteiger partial charge in [0.15, 0.2) is 5.41 Å². The number of halogens is 1. The summed E-state index contributed by atoms with van der Waals surface area (Å²) in [6.45, 7) is 0. The van der Waals surface area contributed by atoms with Crippen LogP contribution in [0.1, 0.15) is 24.3 Å². The van der Waals surface area contributed by atoms with Gasteiger partial charge in [-0.05, 0) is 18.4 Å². The number of aliphatic hydroxyl groups is 1. The van der Waals surface area contributed by atoms with Gasteiger partial charge >= 0.3 is 5.97 Å². The first-order valence-corrected chi connectivity index (χ1v) is 7.93. The van der Waals surface area contributed by atoms with Gasteiger partial charge in [-0.3, -0.25) is 9.59 Å². The van der Waals surface area contributed by atoms with E-state index in [0.717, 1.165) is 5.56 Å². The van der Waals surface area contributed by atoms with E-state index in [1.165, 1.54) is 7.11 Å². The van der Waals surface area contributed by atoms with Crippen molar-refractivity contribution in [2.75, 3.05) is 7.11 Å². The van der Waals surface area contributed by atoms with E-state index in [-0.39, 0.29) is 10.3 Å².